The van der Waals surface area contributed by atoms with Gasteiger partial charge in [0.05, 0.1) is 5.39 Å². The molecule has 76 valence electrons. The van der Waals surface area contributed by atoms with E-state index < -0.39 is 0 Å². The summed E-state index contributed by atoms with van der Waals surface area (Å²) in [5.74, 6) is 3.19. The Morgan fingerprint density at radius 2 is 2.40 bits per heavy atom. The lowest BCUT2D eigenvalue weighted by molar-refractivity contribution is 0.322. The number of hydrogen-bond donors (Lipinski definition) is 0. The van der Waals surface area contributed by atoms with Gasteiger partial charge in [0, 0.05) is 27.6 Å². The lowest BCUT2D eigenvalue weighted by Crippen LogP contribution is -1.93. The van der Waals surface area contributed by atoms with Gasteiger partial charge in [-0.15, -0.1) is 0 Å². The Labute approximate surface area is 105 Å². The normalized spacial score (nSPS) is 9.73. The molecule has 2 aromatic rings. The molecule has 15 heavy (non-hydrogen) atoms. The van der Waals surface area contributed by atoms with Crippen LogP contribution in [0.5, 0.6) is 5.88 Å². The topological polar surface area (TPSA) is 35.3 Å². The maximum absolute atomic E-state index is 5.85. The molecule has 0 aliphatic rings. The number of nitrogens with zero attached hydrogens (tertiary/aromatic N) is 1. The second kappa shape index (κ2) is 4.73. The van der Waals surface area contributed by atoms with Crippen molar-refractivity contribution in [1.29, 1.82) is 0 Å². The van der Waals surface area contributed by atoms with Crippen LogP contribution in [0.1, 0.15) is 0 Å². The number of halogens is 2. The fraction of sp³-hybridized carbons (Fsp3) is 0.100. The highest BCUT2D eigenvalue weighted by Crippen LogP contribution is 2.27. The third kappa shape index (κ3) is 2.36. The van der Waals surface area contributed by atoms with Crippen LogP contribution in [0, 0.1) is 9.85 Å². The van der Waals surface area contributed by atoms with Crippen LogP contribution < -0.4 is 4.74 Å². The number of benzene rings is 1. The van der Waals surface area contributed by atoms with Crippen molar-refractivity contribution in [2.24, 2.45) is 0 Å². The quantitative estimate of drug-likeness (QED) is 0.625. The average Bonchev–Trinajstić information content (AvgIpc) is 2.62. The first-order valence-corrected chi connectivity index (χ1v) is 5.53. The van der Waals surface area contributed by atoms with Crippen LogP contribution in [0.2, 0.25) is 5.02 Å². The van der Waals surface area contributed by atoms with Crippen LogP contribution >= 0.6 is 34.2 Å². The molecule has 1 aromatic carbocycles. The summed E-state index contributed by atoms with van der Waals surface area (Å²) in [6, 6.07) is 5.24. The van der Waals surface area contributed by atoms with E-state index in [-0.39, 0.29) is 6.61 Å². The summed E-state index contributed by atoms with van der Waals surface area (Å²) in [7, 11) is 0. The fourth-order valence-corrected chi connectivity index (χ4v) is 1.45. The Kier molecular flexibility index (Phi) is 3.34. The number of rotatable bonds is 2. The van der Waals surface area contributed by atoms with E-state index in [1.54, 1.807) is 18.2 Å². The van der Waals surface area contributed by atoms with Crippen molar-refractivity contribution in [2.75, 3.05) is 6.61 Å². The van der Waals surface area contributed by atoms with Gasteiger partial charge in [-0.25, -0.2) is 0 Å². The van der Waals surface area contributed by atoms with E-state index in [1.165, 1.54) is 0 Å². The molecule has 0 N–H and O–H groups in total. The van der Waals surface area contributed by atoms with Crippen LogP contribution in [-0.2, 0) is 0 Å². The summed E-state index contributed by atoms with van der Waals surface area (Å²) in [6.45, 7) is 0.289. The van der Waals surface area contributed by atoms with Crippen LogP contribution in [0.25, 0.3) is 11.0 Å². The van der Waals surface area contributed by atoms with E-state index in [1.807, 2.05) is 22.6 Å². The zero-order valence-corrected chi connectivity index (χ0v) is 10.4. The first-order chi connectivity index (χ1) is 7.31. The van der Waals surface area contributed by atoms with Crippen molar-refractivity contribution in [3.63, 3.8) is 0 Å². The Morgan fingerprint density at radius 1 is 1.53 bits per heavy atom. The molecule has 0 fully saturated rings. The van der Waals surface area contributed by atoms with Crippen molar-refractivity contribution in [3.05, 3.63) is 23.2 Å². The molecule has 3 nitrogen and oxygen atoms in total. The third-order valence-electron chi connectivity index (χ3n) is 1.75. The van der Waals surface area contributed by atoms with Crippen molar-refractivity contribution < 1.29 is 9.26 Å². The van der Waals surface area contributed by atoms with E-state index in [0.29, 0.717) is 16.5 Å². The van der Waals surface area contributed by atoms with Crippen LogP contribution in [0.15, 0.2) is 22.7 Å². The molecule has 0 bridgehead atoms. The van der Waals surface area contributed by atoms with Crippen molar-refractivity contribution in [1.82, 2.24) is 5.16 Å². The summed E-state index contributed by atoms with van der Waals surface area (Å²) >= 11 is 7.80. The molecule has 0 saturated heterocycles. The van der Waals surface area contributed by atoms with Crippen LogP contribution in [0.4, 0.5) is 0 Å². The minimum Gasteiger partial charge on any atom is -0.462 e. The smallest absolute Gasteiger partial charge is 0.263 e. The lowest BCUT2D eigenvalue weighted by atomic mass is 10.2. The van der Waals surface area contributed by atoms with Crippen molar-refractivity contribution in [2.45, 2.75) is 0 Å². The maximum atomic E-state index is 5.85. The molecule has 0 spiro atoms. The average molecular weight is 334 g/mol. The predicted molar refractivity (Wildman–Crippen MR) is 66.3 cm³/mol. The lowest BCUT2D eigenvalue weighted by Gasteiger charge is -1.95. The van der Waals surface area contributed by atoms with Gasteiger partial charge < -0.3 is 9.26 Å². The zero-order chi connectivity index (χ0) is 10.7. The molecule has 1 heterocycles. The Morgan fingerprint density at radius 3 is 3.20 bits per heavy atom. The monoisotopic (exact) mass is 333 g/mol. The standard InChI is InChI=1S/C10H5ClINO2/c11-7-2-3-9-8(6-7)10(13-15-9)14-5-1-4-12/h2-3,6H,5H2. The van der Waals surface area contributed by atoms with E-state index >= 15 is 0 Å². The molecule has 0 amide bonds. The SMILES string of the molecule is Clc1ccc2onc(OCC#CI)c2c1. The Balaban J connectivity index is 2.33. The maximum Gasteiger partial charge on any atom is 0.263 e. The van der Waals surface area contributed by atoms with Gasteiger partial charge in [0.25, 0.3) is 5.88 Å². The predicted octanol–water partition coefficient (Wildman–Crippen LogP) is 3.26. The summed E-state index contributed by atoms with van der Waals surface area (Å²) in [6.07, 6.45) is 0. The van der Waals surface area contributed by atoms with E-state index in [0.717, 1.165) is 5.39 Å². The summed E-state index contributed by atoms with van der Waals surface area (Å²) in [4.78, 5) is 0. The van der Waals surface area contributed by atoms with Gasteiger partial charge in [-0.2, -0.15) is 0 Å². The largest absolute Gasteiger partial charge is 0.462 e. The molecule has 0 unspecified atom stereocenters. The molecule has 0 atom stereocenters. The van der Waals surface area contributed by atoms with E-state index in [9.17, 15) is 0 Å². The summed E-state index contributed by atoms with van der Waals surface area (Å²) < 4.78 is 13.1. The van der Waals surface area contributed by atoms with Crippen molar-refractivity contribution >= 4 is 45.2 Å². The highest BCUT2D eigenvalue weighted by atomic mass is 127. The van der Waals surface area contributed by atoms with E-state index in [4.69, 9.17) is 20.9 Å². The first kappa shape index (κ1) is 10.6. The molecule has 2 rings (SSSR count). The number of aromatic nitrogens is 1. The Bertz CT molecular complexity index is 541. The zero-order valence-electron chi connectivity index (χ0n) is 7.46. The van der Waals surface area contributed by atoms with Gasteiger partial charge in [-0.05, 0) is 27.3 Å². The van der Waals surface area contributed by atoms with Gasteiger partial charge in [-0.3, -0.25) is 0 Å². The van der Waals surface area contributed by atoms with Crippen molar-refractivity contribution in [3.8, 4) is 15.7 Å². The van der Waals surface area contributed by atoms with Crippen LogP contribution in [-0.4, -0.2) is 11.8 Å². The molecular weight excluding hydrogens is 328 g/mol. The Hall–Kier alpha value is -0.930. The van der Waals surface area contributed by atoms with Gasteiger partial charge in [0.15, 0.2) is 12.2 Å². The number of hydrogen-bond acceptors (Lipinski definition) is 3. The molecule has 0 aliphatic carbocycles. The van der Waals surface area contributed by atoms with Gasteiger partial charge in [-0.1, -0.05) is 17.5 Å². The number of fused-ring (bicyclic) bond motifs is 1. The van der Waals surface area contributed by atoms with Gasteiger partial charge in [0.1, 0.15) is 0 Å². The second-order valence-corrected chi connectivity index (χ2v) is 3.66. The molecular formula is C10H5ClINO2. The highest BCUT2D eigenvalue weighted by molar-refractivity contribution is 14.1. The minimum atomic E-state index is 0.289. The molecule has 0 radical (unpaired) electrons. The third-order valence-corrected chi connectivity index (χ3v) is 2.36. The summed E-state index contributed by atoms with van der Waals surface area (Å²) in [5.41, 5.74) is 0.650. The van der Waals surface area contributed by atoms with Gasteiger partial charge >= 0.3 is 0 Å². The minimum absolute atomic E-state index is 0.289. The molecule has 0 aliphatic heterocycles. The molecule has 5 heteroatoms. The second-order valence-electron chi connectivity index (χ2n) is 2.69. The highest BCUT2D eigenvalue weighted by Gasteiger charge is 2.08. The fourth-order valence-electron chi connectivity index (χ4n) is 1.12. The summed E-state index contributed by atoms with van der Waals surface area (Å²) in [5, 5.41) is 5.16. The molecule has 0 saturated carbocycles. The van der Waals surface area contributed by atoms with Gasteiger partial charge in [0.2, 0.25) is 0 Å². The number of ether oxygens (including phenoxy) is 1. The van der Waals surface area contributed by atoms with E-state index in [2.05, 4.69) is 15.0 Å². The first-order valence-electron chi connectivity index (χ1n) is 4.07. The van der Waals surface area contributed by atoms with Crippen LogP contribution in [0.3, 0.4) is 0 Å². The molecule has 1 aromatic heterocycles.